The fourth-order valence-corrected chi connectivity index (χ4v) is 5.48. The zero-order chi connectivity index (χ0) is 30.9. The minimum absolute atomic E-state index is 0.0364. The van der Waals surface area contributed by atoms with Gasteiger partial charge in [-0.3, -0.25) is 10.4 Å². The number of hydrogen-bond donors (Lipinski definition) is 2. The Labute approximate surface area is 271 Å². The Kier molecular flexibility index (Phi) is 11.1. The molecule has 3 aromatic carbocycles. The van der Waals surface area contributed by atoms with Crippen molar-refractivity contribution in [1.82, 2.24) is 15.3 Å². The van der Waals surface area contributed by atoms with Gasteiger partial charge in [0.1, 0.15) is 5.75 Å². The van der Waals surface area contributed by atoms with E-state index in [9.17, 15) is 0 Å². The van der Waals surface area contributed by atoms with Crippen LogP contribution in [0.4, 0.5) is 10.1 Å². The lowest BCUT2D eigenvalue weighted by Gasteiger charge is -2.26. The van der Waals surface area contributed by atoms with Crippen molar-refractivity contribution in [2.24, 2.45) is 5.10 Å². The number of halogens is 3. The summed E-state index contributed by atoms with van der Waals surface area (Å²) in [5.41, 5.74) is 4.39. The molecule has 0 radical (unpaired) electrons. The molecule has 5 rings (SSSR count). The van der Waals surface area contributed by atoms with Crippen molar-refractivity contribution in [3.8, 4) is 23.0 Å². The van der Waals surface area contributed by atoms with Crippen molar-refractivity contribution >= 4 is 63.3 Å². The molecule has 1 fully saturated rings. The molecule has 8 nitrogen and oxygen atoms in total. The van der Waals surface area contributed by atoms with Crippen LogP contribution in [0.5, 0.6) is 23.0 Å². The summed E-state index contributed by atoms with van der Waals surface area (Å²) in [7, 11) is 1.58. The molecule has 2 heterocycles. The van der Waals surface area contributed by atoms with Gasteiger partial charge < -0.3 is 24.4 Å². The monoisotopic (exact) mass is 655 g/mol. The van der Waals surface area contributed by atoms with Gasteiger partial charge in [0.15, 0.2) is 28.2 Å². The number of nitrogens with one attached hydrogen (secondary N) is 2. The number of nitrogens with zero attached hydrogens (tertiary/aromatic N) is 3. The Hall–Kier alpha value is -3.70. The van der Waals surface area contributed by atoms with Crippen molar-refractivity contribution in [3.05, 3.63) is 82.2 Å². The summed E-state index contributed by atoms with van der Waals surface area (Å²) in [6.45, 7) is 3.91. The van der Waals surface area contributed by atoms with Crippen LogP contribution in [0.15, 0.2) is 65.9 Å². The highest BCUT2D eigenvalue weighted by Gasteiger charge is 2.15. The van der Waals surface area contributed by atoms with E-state index in [1.54, 1.807) is 49.7 Å². The van der Waals surface area contributed by atoms with Crippen molar-refractivity contribution in [3.63, 3.8) is 0 Å². The third-order valence-corrected chi connectivity index (χ3v) is 7.81. The van der Waals surface area contributed by atoms with Crippen LogP contribution in [-0.4, -0.2) is 54.6 Å². The van der Waals surface area contributed by atoms with Crippen LogP contribution >= 0.6 is 35.4 Å². The Morgan fingerprint density at radius 3 is 2.64 bits per heavy atom. The third-order valence-electron chi connectivity index (χ3n) is 7.05. The molecule has 0 bridgehead atoms. The number of methoxy groups -OCH3 is 1. The maximum atomic E-state index is 15.1. The number of pyridine rings is 1. The Balaban J connectivity index is 1.21. The first kappa shape index (κ1) is 31.7. The molecule has 44 heavy (non-hydrogen) atoms. The standard InChI is InChI=1S/C32H32Cl2FN5O3S/c1-41-30-18-24-27(19-31(30)42-15-5-14-40-12-3-2-4-13-40)36-11-10-28(24)43-29-9-8-23(17-26(29)35)38-32(44)39-37-20-21-6-7-22(33)16-25(21)34/h6-11,16-20H,2-5,12-15H2,1H3,(H2,38,39,44)/b37-20+. The number of hydrazone groups is 1. The first-order chi connectivity index (χ1) is 21.4. The lowest BCUT2D eigenvalue weighted by atomic mass is 10.1. The van der Waals surface area contributed by atoms with E-state index in [0.717, 1.165) is 26.1 Å². The molecular weight excluding hydrogens is 624 g/mol. The molecule has 0 aliphatic carbocycles. The van der Waals surface area contributed by atoms with Crippen molar-refractivity contribution in [2.45, 2.75) is 25.7 Å². The molecule has 0 unspecified atom stereocenters. The number of fused-ring (bicyclic) bond motifs is 1. The number of rotatable bonds is 11. The second kappa shape index (κ2) is 15.3. The number of benzene rings is 3. The maximum Gasteiger partial charge on any atom is 0.191 e. The minimum Gasteiger partial charge on any atom is -0.493 e. The van der Waals surface area contributed by atoms with E-state index < -0.39 is 5.82 Å². The van der Waals surface area contributed by atoms with E-state index in [2.05, 4.69) is 25.7 Å². The number of likely N-dealkylation sites (tertiary alicyclic amines) is 1. The molecule has 0 amide bonds. The van der Waals surface area contributed by atoms with Crippen molar-refractivity contribution in [1.29, 1.82) is 0 Å². The fraction of sp³-hybridized carbons (Fsp3) is 0.281. The van der Waals surface area contributed by atoms with E-state index >= 15 is 4.39 Å². The van der Waals surface area contributed by atoms with Gasteiger partial charge in [-0.25, -0.2) is 4.39 Å². The van der Waals surface area contributed by atoms with Gasteiger partial charge in [-0.2, -0.15) is 5.10 Å². The average Bonchev–Trinajstić information content (AvgIpc) is 3.02. The lowest BCUT2D eigenvalue weighted by molar-refractivity contribution is 0.203. The first-order valence-corrected chi connectivity index (χ1v) is 15.4. The molecule has 1 aliphatic rings. The second-order valence-electron chi connectivity index (χ2n) is 10.2. The molecule has 0 spiro atoms. The number of aromatic nitrogens is 1. The van der Waals surface area contributed by atoms with E-state index in [4.69, 9.17) is 49.6 Å². The minimum atomic E-state index is -0.583. The zero-order valence-corrected chi connectivity index (χ0v) is 26.4. The second-order valence-corrected chi connectivity index (χ2v) is 11.4. The highest BCUT2D eigenvalue weighted by Crippen LogP contribution is 2.38. The predicted octanol–water partition coefficient (Wildman–Crippen LogP) is 8.06. The smallest absolute Gasteiger partial charge is 0.191 e. The summed E-state index contributed by atoms with van der Waals surface area (Å²) in [6.07, 6.45) is 7.90. The van der Waals surface area contributed by atoms with Gasteiger partial charge >= 0.3 is 0 Å². The largest absolute Gasteiger partial charge is 0.493 e. The van der Waals surface area contributed by atoms with Crippen LogP contribution < -0.4 is 25.0 Å². The highest BCUT2D eigenvalue weighted by molar-refractivity contribution is 7.80. The van der Waals surface area contributed by atoms with E-state index in [-0.39, 0.29) is 10.9 Å². The fourth-order valence-electron chi connectivity index (χ4n) is 4.85. The number of hydrogen-bond acceptors (Lipinski definition) is 7. The van der Waals surface area contributed by atoms with Gasteiger partial charge in [-0.05, 0) is 81.0 Å². The topological polar surface area (TPSA) is 80.2 Å². The van der Waals surface area contributed by atoms with E-state index in [1.165, 1.54) is 37.6 Å². The van der Waals surface area contributed by atoms with E-state index in [1.807, 2.05) is 6.07 Å². The Bertz CT molecular complexity index is 1650. The number of piperidine rings is 1. The molecule has 2 N–H and O–H groups in total. The first-order valence-electron chi connectivity index (χ1n) is 14.2. The third kappa shape index (κ3) is 8.47. The van der Waals surface area contributed by atoms with Crippen LogP contribution in [0.3, 0.4) is 0 Å². The molecule has 12 heteroatoms. The molecule has 4 aromatic rings. The number of thiocarbonyl (C=S) groups is 1. The molecule has 230 valence electrons. The van der Waals surface area contributed by atoms with Gasteiger partial charge in [-0.15, -0.1) is 0 Å². The van der Waals surface area contributed by atoms with Gasteiger partial charge in [0.2, 0.25) is 0 Å². The van der Waals surface area contributed by atoms with Crippen LogP contribution in [0.25, 0.3) is 10.9 Å². The molecule has 1 aromatic heterocycles. The molecule has 1 saturated heterocycles. The van der Waals surface area contributed by atoms with Gasteiger partial charge in [0, 0.05) is 46.5 Å². The van der Waals surface area contributed by atoms with Crippen molar-refractivity contribution in [2.75, 3.05) is 38.7 Å². The molecular formula is C32H32Cl2FN5O3S. The predicted molar refractivity (Wildman–Crippen MR) is 179 cm³/mol. The van der Waals surface area contributed by atoms with Crippen LogP contribution in [0, 0.1) is 5.82 Å². The molecule has 1 aliphatic heterocycles. The quantitative estimate of drug-likeness (QED) is 0.0727. The number of anilines is 1. The molecule has 0 atom stereocenters. The van der Waals surface area contributed by atoms with Crippen LogP contribution in [0.1, 0.15) is 31.2 Å². The zero-order valence-electron chi connectivity index (χ0n) is 24.1. The molecule has 0 saturated carbocycles. The average molecular weight is 657 g/mol. The Morgan fingerprint density at radius 1 is 1.02 bits per heavy atom. The summed E-state index contributed by atoms with van der Waals surface area (Å²) in [4.78, 5) is 6.95. The summed E-state index contributed by atoms with van der Waals surface area (Å²) >= 11 is 17.3. The maximum absolute atomic E-state index is 15.1. The van der Waals surface area contributed by atoms with Crippen LogP contribution in [-0.2, 0) is 0 Å². The van der Waals surface area contributed by atoms with Gasteiger partial charge in [0.05, 0.1) is 30.5 Å². The lowest BCUT2D eigenvalue weighted by Crippen LogP contribution is -2.31. The van der Waals surface area contributed by atoms with Crippen molar-refractivity contribution < 1.29 is 18.6 Å². The Morgan fingerprint density at radius 2 is 1.86 bits per heavy atom. The van der Waals surface area contributed by atoms with Gasteiger partial charge in [0.25, 0.3) is 0 Å². The summed E-state index contributed by atoms with van der Waals surface area (Å²) in [6, 6.07) is 14.8. The highest BCUT2D eigenvalue weighted by atomic mass is 35.5. The summed E-state index contributed by atoms with van der Waals surface area (Å²) in [5.74, 6) is 1.04. The SMILES string of the molecule is COc1cc2c(Oc3ccc(NC(=S)N/N=C/c4ccc(Cl)cc4Cl)cc3F)ccnc2cc1OCCCN1CCCCC1. The summed E-state index contributed by atoms with van der Waals surface area (Å²) < 4.78 is 32.8. The summed E-state index contributed by atoms with van der Waals surface area (Å²) in [5, 5.41) is 8.75. The van der Waals surface area contributed by atoms with E-state index in [0.29, 0.717) is 56.1 Å². The van der Waals surface area contributed by atoms with Crippen LogP contribution in [0.2, 0.25) is 10.0 Å². The number of ether oxygens (including phenoxy) is 3. The van der Waals surface area contributed by atoms with Gasteiger partial charge in [-0.1, -0.05) is 35.7 Å². The normalized spacial score (nSPS) is 13.6.